The van der Waals surface area contributed by atoms with Gasteiger partial charge < -0.3 is 5.32 Å². The normalized spacial score (nSPS) is 10.0. The van der Waals surface area contributed by atoms with Gasteiger partial charge >= 0.3 is 0 Å². The lowest BCUT2D eigenvalue weighted by Crippen LogP contribution is -2.24. The minimum atomic E-state index is -0.108. The quantitative estimate of drug-likeness (QED) is 0.816. The van der Waals surface area contributed by atoms with Gasteiger partial charge in [0.2, 0.25) is 5.91 Å². The summed E-state index contributed by atoms with van der Waals surface area (Å²) in [5, 5.41) is 11.7. The Hall–Kier alpha value is -1.57. The molecule has 0 aliphatic heterocycles. The van der Waals surface area contributed by atoms with Crippen LogP contribution in [0.15, 0.2) is 24.3 Å². The highest BCUT2D eigenvalue weighted by atomic mass is 35.5. The number of benzene rings is 1. The second-order valence-corrected chi connectivity index (χ2v) is 4.08. The van der Waals surface area contributed by atoms with Crippen molar-refractivity contribution in [1.82, 2.24) is 4.90 Å². The van der Waals surface area contributed by atoms with Crippen LogP contribution in [0.1, 0.15) is 6.42 Å². The third kappa shape index (κ3) is 4.85. The lowest BCUT2D eigenvalue weighted by molar-refractivity contribution is -0.116. The standard InChI is InChI=1S/C12H14ClN3O/c1-16(9-7-14)8-6-12(17)15-11-5-3-2-4-10(11)13/h2-5H,6,8-9H2,1H3,(H,15,17). The Bertz CT molecular complexity index is 428. The fourth-order valence-electron chi connectivity index (χ4n) is 1.27. The van der Waals surface area contributed by atoms with Crippen LogP contribution >= 0.6 is 11.6 Å². The first-order valence-corrected chi connectivity index (χ1v) is 5.61. The zero-order chi connectivity index (χ0) is 12.7. The summed E-state index contributed by atoms with van der Waals surface area (Å²) in [7, 11) is 1.80. The van der Waals surface area contributed by atoms with Gasteiger partial charge in [-0.3, -0.25) is 9.69 Å². The molecule has 1 amide bonds. The molecular weight excluding hydrogens is 238 g/mol. The first kappa shape index (κ1) is 13.5. The molecule has 1 aromatic rings. The highest BCUT2D eigenvalue weighted by Gasteiger charge is 2.06. The molecule has 0 heterocycles. The summed E-state index contributed by atoms with van der Waals surface area (Å²) in [4.78, 5) is 13.4. The molecule has 4 nitrogen and oxygen atoms in total. The van der Waals surface area contributed by atoms with E-state index in [1.807, 2.05) is 12.1 Å². The van der Waals surface area contributed by atoms with Gasteiger partial charge in [0.05, 0.1) is 23.3 Å². The third-order valence-electron chi connectivity index (χ3n) is 2.21. The molecule has 90 valence electrons. The summed E-state index contributed by atoms with van der Waals surface area (Å²) in [6.07, 6.45) is 0.337. The van der Waals surface area contributed by atoms with E-state index in [-0.39, 0.29) is 5.91 Å². The van der Waals surface area contributed by atoms with Crippen molar-refractivity contribution in [3.05, 3.63) is 29.3 Å². The number of halogens is 1. The topological polar surface area (TPSA) is 56.1 Å². The molecule has 17 heavy (non-hydrogen) atoms. The number of carbonyl (C=O) groups excluding carboxylic acids is 1. The van der Waals surface area contributed by atoms with E-state index in [1.54, 1.807) is 30.1 Å². The van der Waals surface area contributed by atoms with Crippen LogP contribution in [0, 0.1) is 11.3 Å². The zero-order valence-electron chi connectivity index (χ0n) is 9.61. The van der Waals surface area contributed by atoms with Crippen molar-refractivity contribution >= 4 is 23.2 Å². The lowest BCUT2D eigenvalue weighted by atomic mass is 10.3. The number of nitrogens with one attached hydrogen (secondary N) is 1. The van der Waals surface area contributed by atoms with Gasteiger partial charge in [-0.2, -0.15) is 5.26 Å². The SMILES string of the molecule is CN(CC#N)CCC(=O)Nc1ccccc1Cl. The number of nitriles is 1. The summed E-state index contributed by atoms with van der Waals surface area (Å²) in [5.41, 5.74) is 0.613. The van der Waals surface area contributed by atoms with Crippen molar-refractivity contribution < 1.29 is 4.79 Å². The number of rotatable bonds is 5. The number of anilines is 1. The van der Waals surface area contributed by atoms with Crippen LogP contribution in [-0.2, 0) is 4.79 Å². The Morgan fingerprint density at radius 1 is 1.53 bits per heavy atom. The maximum absolute atomic E-state index is 11.6. The van der Waals surface area contributed by atoms with Crippen molar-refractivity contribution in [3.8, 4) is 6.07 Å². The molecule has 0 atom stereocenters. The van der Waals surface area contributed by atoms with Crippen molar-refractivity contribution in [1.29, 1.82) is 5.26 Å². The van der Waals surface area contributed by atoms with Crippen molar-refractivity contribution in [3.63, 3.8) is 0 Å². The third-order valence-corrected chi connectivity index (χ3v) is 2.54. The van der Waals surface area contributed by atoms with Gasteiger partial charge in [0.1, 0.15) is 0 Å². The minimum Gasteiger partial charge on any atom is -0.325 e. The second-order valence-electron chi connectivity index (χ2n) is 3.67. The molecule has 0 unspecified atom stereocenters. The molecule has 1 aromatic carbocycles. The van der Waals surface area contributed by atoms with Gasteiger partial charge in [-0.1, -0.05) is 23.7 Å². The maximum Gasteiger partial charge on any atom is 0.225 e. The van der Waals surface area contributed by atoms with Crippen molar-refractivity contribution in [2.45, 2.75) is 6.42 Å². The van der Waals surface area contributed by atoms with Crippen LogP contribution < -0.4 is 5.32 Å². The van der Waals surface area contributed by atoms with Crippen LogP contribution in [0.25, 0.3) is 0 Å². The number of nitrogens with zero attached hydrogens (tertiary/aromatic N) is 2. The maximum atomic E-state index is 11.6. The highest BCUT2D eigenvalue weighted by Crippen LogP contribution is 2.20. The van der Waals surface area contributed by atoms with E-state index in [1.165, 1.54) is 0 Å². The van der Waals surface area contributed by atoms with Gasteiger partial charge in [-0.05, 0) is 19.2 Å². The summed E-state index contributed by atoms with van der Waals surface area (Å²) >= 11 is 5.91. The zero-order valence-corrected chi connectivity index (χ0v) is 10.4. The highest BCUT2D eigenvalue weighted by molar-refractivity contribution is 6.33. The Morgan fingerprint density at radius 2 is 2.24 bits per heavy atom. The van der Waals surface area contributed by atoms with E-state index in [2.05, 4.69) is 5.32 Å². The largest absolute Gasteiger partial charge is 0.325 e. The number of hydrogen-bond donors (Lipinski definition) is 1. The summed E-state index contributed by atoms with van der Waals surface area (Å²) in [5.74, 6) is -0.108. The minimum absolute atomic E-state index is 0.108. The van der Waals surface area contributed by atoms with Gasteiger partial charge in [0.25, 0.3) is 0 Å². The number of carbonyl (C=O) groups is 1. The van der Waals surface area contributed by atoms with E-state index in [4.69, 9.17) is 16.9 Å². The molecule has 1 rings (SSSR count). The van der Waals surface area contributed by atoms with Gasteiger partial charge in [-0.15, -0.1) is 0 Å². The Labute approximate surface area is 106 Å². The van der Waals surface area contributed by atoms with E-state index in [0.29, 0.717) is 30.2 Å². The van der Waals surface area contributed by atoms with Crippen LogP contribution in [0.3, 0.4) is 0 Å². The average molecular weight is 252 g/mol. The predicted molar refractivity (Wildman–Crippen MR) is 67.8 cm³/mol. The first-order chi connectivity index (χ1) is 8.13. The Balaban J connectivity index is 2.41. The van der Waals surface area contributed by atoms with Gasteiger partial charge in [0.15, 0.2) is 0 Å². The predicted octanol–water partition coefficient (Wildman–Crippen LogP) is 2.12. The molecule has 0 aliphatic rings. The number of para-hydroxylation sites is 1. The molecule has 5 heteroatoms. The van der Waals surface area contributed by atoms with Crippen LogP contribution in [0.5, 0.6) is 0 Å². The molecule has 0 aromatic heterocycles. The van der Waals surface area contributed by atoms with E-state index in [9.17, 15) is 4.79 Å². The van der Waals surface area contributed by atoms with E-state index >= 15 is 0 Å². The molecule has 0 bridgehead atoms. The summed E-state index contributed by atoms with van der Waals surface area (Å²) in [6.45, 7) is 0.864. The van der Waals surface area contributed by atoms with Gasteiger partial charge in [0, 0.05) is 13.0 Å². The van der Waals surface area contributed by atoms with E-state index < -0.39 is 0 Å². The molecule has 0 radical (unpaired) electrons. The van der Waals surface area contributed by atoms with Crippen LogP contribution in [0.4, 0.5) is 5.69 Å². The molecule has 0 spiro atoms. The van der Waals surface area contributed by atoms with Gasteiger partial charge in [-0.25, -0.2) is 0 Å². The Kier molecular flexibility index (Phi) is 5.47. The smallest absolute Gasteiger partial charge is 0.225 e. The molecule has 1 N–H and O–H groups in total. The lowest BCUT2D eigenvalue weighted by Gasteiger charge is -2.12. The monoisotopic (exact) mass is 251 g/mol. The summed E-state index contributed by atoms with van der Waals surface area (Å²) in [6, 6.07) is 9.11. The fraction of sp³-hybridized carbons (Fsp3) is 0.333. The van der Waals surface area contributed by atoms with Crippen molar-refractivity contribution in [2.75, 3.05) is 25.5 Å². The molecule has 0 saturated heterocycles. The Morgan fingerprint density at radius 3 is 2.88 bits per heavy atom. The van der Waals surface area contributed by atoms with Crippen LogP contribution in [-0.4, -0.2) is 30.9 Å². The van der Waals surface area contributed by atoms with Crippen LogP contribution in [0.2, 0.25) is 5.02 Å². The molecule has 0 aliphatic carbocycles. The molecule has 0 fully saturated rings. The molecular formula is C12H14ClN3O. The molecule has 0 saturated carbocycles. The first-order valence-electron chi connectivity index (χ1n) is 5.23. The fourth-order valence-corrected chi connectivity index (χ4v) is 1.45. The van der Waals surface area contributed by atoms with Crippen molar-refractivity contribution in [2.24, 2.45) is 0 Å². The number of hydrogen-bond acceptors (Lipinski definition) is 3. The summed E-state index contributed by atoms with van der Waals surface area (Å²) < 4.78 is 0. The second kappa shape index (κ2) is 6.89. The van der Waals surface area contributed by atoms with E-state index in [0.717, 1.165) is 0 Å². The average Bonchev–Trinajstić information content (AvgIpc) is 2.30. The number of amides is 1.